The van der Waals surface area contributed by atoms with Crippen molar-refractivity contribution in [2.45, 2.75) is 12.6 Å². The number of carbonyl (C=O) groups is 2. The summed E-state index contributed by atoms with van der Waals surface area (Å²) in [6.45, 7) is 0.512. The van der Waals surface area contributed by atoms with Crippen LogP contribution in [0.25, 0.3) is 11.3 Å². The molecule has 154 valence electrons. The van der Waals surface area contributed by atoms with Crippen LogP contribution in [0.2, 0.25) is 10.0 Å². The van der Waals surface area contributed by atoms with E-state index in [0.29, 0.717) is 26.9 Å². The zero-order valence-corrected chi connectivity index (χ0v) is 17.0. The third-order valence-corrected chi connectivity index (χ3v) is 5.38. The Morgan fingerprint density at radius 3 is 2.37 bits per heavy atom. The largest absolute Gasteiger partial charge is 0.365 e. The Morgan fingerprint density at radius 2 is 1.77 bits per heavy atom. The maximum Gasteiger partial charge on any atom is 0.315 e. The molecule has 0 fully saturated rings. The van der Waals surface area contributed by atoms with Gasteiger partial charge in [0.25, 0.3) is 5.91 Å². The van der Waals surface area contributed by atoms with Crippen LogP contribution in [0.5, 0.6) is 0 Å². The summed E-state index contributed by atoms with van der Waals surface area (Å²) < 4.78 is 15.4. The molecule has 0 spiro atoms. The molecule has 1 aromatic heterocycles. The average molecular weight is 448 g/mol. The van der Waals surface area contributed by atoms with E-state index in [1.54, 1.807) is 28.9 Å². The van der Waals surface area contributed by atoms with Crippen LogP contribution in [0.3, 0.4) is 0 Å². The first-order valence-corrected chi connectivity index (χ1v) is 9.70. The fourth-order valence-electron chi connectivity index (χ4n) is 3.79. The molecule has 3 aromatic rings. The van der Waals surface area contributed by atoms with Crippen molar-refractivity contribution in [1.29, 1.82) is 0 Å². The molecule has 2 heterocycles. The molecular formula is C20H16Cl2FN5O2. The molecule has 2 aromatic carbocycles. The van der Waals surface area contributed by atoms with Gasteiger partial charge in [0, 0.05) is 22.2 Å². The number of nitrogens with zero attached hydrogens (tertiary/aromatic N) is 3. The van der Waals surface area contributed by atoms with Gasteiger partial charge in [0.05, 0.1) is 17.8 Å². The van der Waals surface area contributed by atoms with Crippen molar-refractivity contribution >= 4 is 35.1 Å². The lowest BCUT2D eigenvalue weighted by atomic mass is 9.94. The maximum atomic E-state index is 13.8. The van der Waals surface area contributed by atoms with Crippen LogP contribution in [-0.4, -0.2) is 33.2 Å². The van der Waals surface area contributed by atoms with Crippen LogP contribution in [0.1, 0.15) is 27.7 Å². The van der Waals surface area contributed by atoms with E-state index in [1.165, 1.54) is 23.1 Å². The van der Waals surface area contributed by atoms with Crippen molar-refractivity contribution in [3.05, 3.63) is 75.1 Å². The third-order valence-electron chi connectivity index (χ3n) is 4.94. The van der Waals surface area contributed by atoms with Gasteiger partial charge in [-0.2, -0.15) is 5.10 Å². The number of nitrogens with two attached hydrogens (primary N) is 2. The Morgan fingerprint density at radius 1 is 1.07 bits per heavy atom. The molecule has 0 bridgehead atoms. The summed E-state index contributed by atoms with van der Waals surface area (Å²) in [5, 5.41) is 5.20. The quantitative estimate of drug-likeness (QED) is 0.640. The first kappa shape index (κ1) is 20.2. The number of primary amides is 2. The Kier molecular flexibility index (Phi) is 5.13. The second-order valence-corrected chi connectivity index (χ2v) is 7.72. The number of halogens is 3. The van der Waals surface area contributed by atoms with Gasteiger partial charge in [-0.15, -0.1) is 0 Å². The van der Waals surface area contributed by atoms with Gasteiger partial charge in [-0.1, -0.05) is 35.3 Å². The highest BCUT2D eigenvalue weighted by molar-refractivity contribution is 6.34. The molecule has 1 aliphatic rings. The SMILES string of the molecule is NC(=O)c1c(-c2cccc(F)c2)nn2c1C(c1cc(Cl)cc(Cl)c1)N(C(N)=O)CC2. The van der Waals surface area contributed by atoms with E-state index >= 15 is 0 Å². The Balaban J connectivity index is 2.00. The van der Waals surface area contributed by atoms with E-state index in [4.69, 9.17) is 34.7 Å². The number of hydrogen-bond donors (Lipinski definition) is 2. The number of hydrogen-bond acceptors (Lipinski definition) is 3. The summed E-state index contributed by atoms with van der Waals surface area (Å²) in [5.41, 5.74) is 12.9. The van der Waals surface area contributed by atoms with Gasteiger partial charge in [0.1, 0.15) is 17.6 Å². The first-order chi connectivity index (χ1) is 14.3. The molecule has 1 aliphatic heterocycles. The average Bonchev–Trinajstić information content (AvgIpc) is 3.06. The lowest BCUT2D eigenvalue weighted by molar-refractivity contribution is 0.0995. The van der Waals surface area contributed by atoms with Crippen LogP contribution in [0.15, 0.2) is 42.5 Å². The van der Waals surface area contributed by atoms with Crippen molar-refractivity contribution in [2.75, 3.05) is 6.54 Å². The van der Waals surface area contributed by atoms with Crippen molar-refractivity contribution in [3.8, 4) is 11.3 Å². The topological polar surface area (TPSA) is 107 Å². The van der Waals surface area contributed by atoms with Gasteiger partial charge in [-0.3, -0.25) is 9.48 Å². The molecule has 30 heavy (non-hydrogen) atoms. The molecule has 0 aliphatic carbocycles. The van der Waals surface area contributed by atoms with E-state index in [9.17, 15) is 14.0 Å². The predicted octanol–water partition coefficient (Wildman–Crippen LogP) is 3.58. The Hall–Kier alpha value is -3.10. The second-order valence-electron chi connectivity index (χ2n) is 6.84. The summed E-state index contributed by atoms with van der Waals surface area (Å²) in [4.78, 5) is 26.1. The Bertz CT molecular complexity index is 1160. The molecule has 1 unspecified atom stereocenters. The molecule has 4 rings (SSSR count). The third kappa shape index (κ3) is 3.48. The molecule has 3 amide bonds. The number of urea groups is 1. The van der Waals surface area contributed by atoms with Crippen molar-refractivity contribution in [3.63, 3.8) is 0 Å². The number of benzene rings is 2. The lowest BCUT2D eigenvalue weighted by Gasteiger charge is -2.36. The van der Waals surface area contributed by atoms with E-state index in [2.05, 4.69) is 5.10 Å². The molecule has 0 radical (unpaired) electrons. The van der Waals surface area contributed by atoms with Crippen molar-refractivity contribution < 1.29 is 14.0 Å². The highest BCUT2D eigenvalue weighted by atomic mass is 35.5. The zero-order valence-electron chi connectivity index (χ0n) is 15.5. The predicted molar refractivity (Wildman–Crippen MR) is 111 cm³/mol. The summed E-state index contributed by atoms with van der Waals surface area (Å²) in [7, 11) is 0. The van der Waals surface area contributed by atoms with Crippen LogP contribution in [0, 0.1) is 5.82 Å². The van der Waals surface area contributed by atoms with E-state index < -0.39 is 23.8 Å². The first-order valence-electron chi connectivity index (χ1n) is 8.94. The van der Waals surface area contributed by atoms with Crippen LogP contribution in [-0.2, 0) is 6.54 Å². The minimum Gasteiger partial charge on any atom is -0.365 e. The zero-order chi connectivity index (χ0) is 21.6. The van der Waals surface area contributed by atoms with Gasteiger partial charge in [-0.25, -0.2) is 9.18 Å². The van der Waals surface area contributed by atoms with E-state index in [0.717, 1.165) is 0 Å². The van der Waals surface area contributed by atoms with Gasteiger partial charge in [0.15, 0.2) is 0 Å². The summed E-state index contributed by atoms with van der Waals surface area (Å²) in [6, 6.07) is 9.00. The van der Waals surface area contributed by atoms with Crippen molar-refractivity contribution in [1.82, 2.24) is 14.7 Å². The molecule has 4 N–H and O–H groups in total. The number of amides is 3. The smallest absolute Gasteiger partial charge is 0.315 e. The highest BCUT2D eigenvalue weighted by Gasteiger charge is 2.38. The summed E-state index contributed by atoms with van der Waals surface area (Å²) >= 11 is 12.3. The van der Waals surface area contributed by atoms with Gasteiger partial charge in [0.2, 0.25) is 0 Å². The molecule has 1 atom stereocenters. The van der Waals surface area contributed by atoms with Crippen LogP contribution >= 0.6 is 23.2 Å². The highest BCUT2D eigenvalue weighted by Crippen LogP contribution is 2.39. The normalized spacial score (nSPS) is 15.7. The van der Waals surface area contributed by atoms with Crippen molar-refractivity contribution in [2.24, 2.45) is 11.5 Å². The molecule has 10 heteroatoms. The summed E-state index contributed by atoms with van der Waals surface area (Å²) in [5.74, 6) is -1.24. The summed E-state index contributed by atoms with van der Waals surface area (Å²) in [6.07, 6.45) is 0. The lowest BCUT2D eigenvalue weighted by Crippen LogP contribution is -2.46. The van der Waals surface area contributed by atoms with E-state index in [-0.39, 0.29) is 24.3 Å². The Labute approximate surface area is 181 Å². The second kappa shape index (κ2) is 7.62. The fourth-order valence-corrected chi connectivity index (χ4v) is 4.33. The van der Waals surface area contributed by atoms with Crippen LogP contribution < -0.4 is 11.5 Å². The van der Waals surface area contributed by atoms with Gasteiger partial charge in [-0.05, 0) is 35.9 Å². The molecular weight excluding hydrogens is 432 g/mol. The van der Waals surface area contributed by atoms with E-state index in [1.807, 2.05) is 0 Å². The van der Waals surface area contributed by atoms with Crippen LogP contribution in [0.4, 0.5) is 9.18 Å². The van der Waals surface area contributed by atoms with Gasteiger partial charge >= 0.3 is 6.03 Å². The minimum absolute atomic E-state index is 0.0765. The number of fused-ring (bicyclic) bond motifs is 1. The minimum atomic E-state index is -0.801. The van der Waals surface area contributed by atoms with Gasteiger partial charge < -0.3 is 16.4 Å². The fraction of sp³-hybridized carbons (Fsp3) is 0.150. The molecule has 0 saturated heterocycles. The monoisotopic (exact) mass is 447 g/mol. The number of aromatic nitrogens is 2. The maximum absolute atomic E-state index is 13.8. The molecule has 7 nitrogen and oxygen atoms in total. The number of carbonyl (C=O) groups excluding carboxylic acids is 2. The molecule has 0 saturated carbocycles. The number of rotatable bonds is 3. The standard InChI is InChI=1S/C20H16Cl2FN5O2/c21-12-6-11(7-13(22)9-12)17-18-15(19(24)29)16(10-2-1-3-14(23)8-10)26-28(18)5-4-27(17)20(25)30/h1-3,6-9,17H,4-5H2,(H2,24,29)(H2,25,30).